The zero-order valence-electron chi connectivity index (χ0n) is 10.1. The van der Waals surface area contributed by atoms with Crippen LogP contribution in [0.3, 0.4) is 0 Å². The third-order valence-electron chi connectivity index (χ3n) is 2.82. The van der Waals surface area contributed by atoms with E-state index >= 15 is 0 Å². The Morgan fingerprint density at radius 1 is 1.26 bits per heavy atom. The number of aryl methyl sites for hydroxylation is 1. The molecule has 0 aliphatic rings. The molecule has 0 bridgehead atoms. The molecule has 3 rings (SSSR count). The number of hydrogen-bond donors (Lipinski definition) is 1. The highest BCUT2D eigenvalue weighted by atomic mass is 16.4. The normalized spacial score (nSPS) is 10.8. The van der Waals surface area contributed by atoms with Crippen LogP contribution in [-0.2, 0) is 0 Å². The third kappa shape index (κ3) is 1.83. The molecule has 6 heteroatoms. The Morgan fingerprint density at radius 2 is 2.11 bits per heavy atom. The minimum absolute atomic E-state index is 0.0547. The van der Waals surface area contributed by atoms with Gasteiger partial charge in [0.1, 0.15) is 6.33 Å². The van der Waals surface area contributed by atoms with Gasteiger partial charge in [0.2, 0.25) is 0 Å². The Kier molecular flexibility index (Phi) is 2.49. The van der Waals surface area contributed by atoms with Crippen molar-refractivity contribution in [1.29, 1.82) is 0 Å². The van der Waals surface area contributed by atoms with Gasteiger partial charge in [-0.2, -0.15) is 0 Å². The van der Waals surface area contributed by atoms with Crippen molar-refractivity contribution >= 4 is 11.6 Å². The molecule has 94 valence electrons. The number of rotatable bonds is 2. The molecule has 0 aliphatic carbocycles. The molecule has 0 radical (unpaired) electrons. The van der Waals surface area contributed by atoms with Crippen LogP contribution in [0.4, 0.5) is 0 Å². The van der Waals surface area contributed by atoms with E-state index in [4.69, 9.17) is 5.11 Å². The number of aromatic carboxylic acids is 1. The zero-order valence-corrected chi connectivity index (χ0v) is 10.1. The third-order valence-corrected chi connectivity index (χ3v) is 2.82. The molecule has 0 unspecified atom stereocenters. The summed E-state index contributed by atoms with van der Waals surface area (Å²) in [6, 6.07) is 7.35. The first-order chi connectivity index (χ1) is 9.16. The Bertz CT molecular complexity index is 765. The second kappa shape index (κ2) is 4.16. The Hall–Kier alpha value is -2.76. The molecule has 0 amide bonds. The summed E-state index contributed by atoms with van der Waals surface area (Å²) in [4.78, 5) is 23.5. The number of carboxylic acids is 1. The van der Waals surface area contributed by atoms with Crippen LogP contribution in [0, 0.1) is 6.92 Å². The van der Waals surface area contributed by atoms with Crippen molar-refractivity contribution in [3.63, 3.8) is 0 Å². The van der Waals surface area contributed by atoms with E-state index in [9.17, 15) is 4.79 Å². The number of imidazole rings is 1. The number of pyridine rings is 1. The quantitative estimate of drug-likeness (QED) is 0.754. The summed E-state index contributed by atoms with van der Waals surface area (Å²) in [6.07, 6.45) is 3.13. The zero-order chi connectivity index (χ0) is 13.4. The Balaban J connectivity index is 2.28. The summed E-state index contributed by atoms with van der Waals surface area (Å²) < 4.78 is 1.65. The molecular formula is C13H10N4O2. The van der Waals surface area contributed by atoms with Gasteiger partial charge in [-0.1, -0.05) is 6.07 Å². The lowest BCUT2D eigenvalue weighted by Crippen LogP contribution is -2.01. The predicted molar refractivity (Wildman–Crippen MR) is 67.9 cm³/mol. The number of aromatic nitrogens is 4. The SMILES string of the molecule is Cc1cc(-c2ccccn2)nc2c(C(=O)O)ncn12. The maximum atomic E-state index is 11.1. The molecule has 0 saturated carbocycles. The fraction of sp³-hybridized carbons (Fsp3) is 0.0769. The van der Waals surface area contributed by atoms with Crippen molar-refractivity contribution in [2.75, 3.05) is 0 Å². The molecule has 0 aliphatic heterocycles. The summed E-state index contributed by atoms with van der Waals surface area (Å²) in [6.45, 7) is 1.87. The van der Waals surface area contributed by atoms with Gasteiger partial charge in [-0.15, -0.1) is 0 Å². The molecule has 3 aromatic rings. The van der Waals surface area contributed by atoms with E-state index < -0.39 is 5.97 Å². The van der Waals surface area contributed by atoms with Crippen LogP contribution in [-0.4, -0.2) is 30.4 Å². The van der Waals surface area contributed by atoms with E-state index in [0.29, 0.717) is 17.0 Å². The van der Waals surface area contributed by atoms with E-state index in [0.717, 1.165) is 5.69 Å². The van der Waals surface area contributed by atoms with Gasteiger partial charge >= 0.3 is 5.97 Å². The maximum Gasteiger partial charge on any atom is 0.358 e. The van der Waals surface area contributed by atoms with Crippen LogP contribution >= 0.6 is 0 Å². The number of fused-ring (bicyclic) bond motifs is 1. The number of hydrogen-bond acceptors (Lipinski definition) is 4. The first kappa shape index (κ1) is 11.3. The molecular weight excluding hydrogens is 244 g/mol. The van der Waals surface area contributed by atoms with Gasteiger partial charge in [-0.3, -0.25) is 9.38 Å². The lowest BCUT2D eigenvalue weighted by molar-refractivity contribution is 0.0693. The molecule has 1 N–H and O–H groups in total. The van der Waals surface area contributed by atoms with Gasteiger partial charge in [0.25, 0.3) is 0 Å². The van der Waals surface area contributed by atoms with E-state index in [1.807, 2.05) is 31.2 Å². The molecule has 0 atom stereocenters. The van der Waals surface area contributed by atoms with Crippen molar-refractivity contribution in [2.45, 2.75) is 6.92 Å². The molecule has 19 heavy (non-hydrogen) atoms. The van der Waals surface area contributed by atoms with Crippen molar-refractivity contribution in [3.05, 3.63) is 48.2 Å². The summed E-state index contributed by atoms with van der Waals surface area (Å²) in [5.41, 5.74) is 2.46. The first-order valence-corrected chi connectivity index (χ1v) is 5.66. The van der Waals surface area contributed by atoms with E-state index in [1.165, 1.54) is 6.33 Å². The molecule has 3 heterocycles. The summed E-state index contributed by atoms with van der Waals surface area (Å²) in [5, 5.41) is 9.09. The lowest BCUT2D eigenvalue weighted by Gasteiger charge is -2.04. The van der Waals surface area contributed by atoms with Crippen LogP contribution in [0.2, 0.25) is 0 Å². The maximum absolute atomic E-state index is 11.1. The first-order valence-electron chi connectivity index (χ1n) is 5.66. The van der Waals surface area contributed by atoms with Gasteiger partial charge in [-0.05, 0) is 25.1 Å². The molecule has 6 nitrogen and oxygen atoms in total. The van der Waals surface area contributed by atoms with Gasteiger partial charge in [0.05, 0.1) is 11.4 Å². The van der Waals surface area contributed by atoms with Crippen LogP contribution in [0.5, 0.6) is 0 Å². The Morgan fingerprint density at radius 3 is 2.79 bits per heavy atom. The van der Waals surface area contributed by atoms with Crippen molar-refractivity contribution < 1.29 is 9.90 Å². The fourth-order valence-corrected chi connectivity index (χ4v) is 1.92. The second-order valence-electron chi connectivity index (χ2n) is 4.09. The number of nitrogens with zero attached hydrogens (tertiary/aromatic N) is 4. The smallest absolute Gasteiger partial charge is 0.358 e. The molecule has 3 aromatic heterocycles. The Labute approximate surface area is 108 Å². The van der Waals surface area contributed by atoms with Crippen LogP contribution in [0.1, 0.15) is 16.2 Å². The van der Waals surface area contributed by atoms with Gasteiger partial charge in [0, 0.05) is 11.9 Å². The summed E-state index contributed by atoms with van der Waals surface area (Å²) >= 11 is 0. The average Bonchev–Trinajstić information content (AvgIpc) is 2.84. The monoisotopic (exact) mass is 254 g/mol. The number of carbonyl (C=O) groups is 1. The van der Waals surface area contributed by atoms with E-state index in [1.54, 1.807) is 10.6 Å². The molecule has 0 aromatic carbocycles. The van der Waals surface area contributed by atoms with Crippen LogP contribution < -0.4 is 0 Å². The topological polar surface area (TPSA) is 80.4 Å². The lowest BCUT2D eigenvalue weighted by atomic mass is 10.2. The van der Waals surface area contributed by atoms with Gasteiger partial charge < -0.3 is 5.11 Å². The molecule has 0 fully saturated rings. The standard InChI is InChI=1S/C13H10N4O2/c1-8-6-10(9-4-2-3-5-14-9)16-12-11(13(18)19)15-7-17(8)12/h2-7H,1H3,(H,18,19). The highest BCUT2D eigenvalue weighted by Crippen LogP contribution is 2.18. The van der Waals surface area contributed by atoms with Crippen molar-refractivity contribution in [1.82, 2.24) is 19.4 Å². The van der Waals surface area contributed by atoms with Gasteiger partial charge in [0.15, 0.2) is 11.3 Å². The average molecular weight is 254 g/mol. The molecule has 0 saturated heterocycles. The van der Waals surface area contributed by atoms with Crippen molar-refractivity contribution in [3.8, 4) is 11.4 Å². The molecule has 0 spiro atoms. The van der Waals surface area contributed by atoms with Crippen LogP contribution in [0.15, 0.2) is 36.8 Å². The minimum Gasteiger partial charge on any atom is -0.476 e. The largest absolute Gasteiger partial charge is 0.476 e. The highest BCUT2D eigenvalue weighted by molar-refractivity contribution is 5.92. The predicted octanol–water partition coefficient (Wildman–Crippen LogP) is 1.80. The second-order valence-corrected chi connectivity index (χ2v) is 4.09. The van der Waals surface area contributed by atoms with Crippen LogP contribution in [0.25, 0.3) is 17.0 Å². The minimum atomic E-state index is -1.09. The fourth-order valence-electron chi connectivity index (χ4n) is 1.92. The summed E-state index contributed by atoms with van der Waals surface area (Å²) in [5.74, 6) is -1.09. The van der Waals surface area contributed by atoms with Crippen molar-refractivity contribution in [2.24, 2.45) is 0 Å². The number of carboxylic acid groups (broad SMARTS) is 1. The summed E-state index contributed by atoms with van der Waals surface area (Å²) in [7, 11) is 0. The van der Waals surface area contributed by atoms with E-state index in [2.05, 4.69) is 15.0 Å². The van der Waals surface area contributed by atoms with E-state index in [-0.39, 0.29) is 5.69 Å². The van der Waals surface area contributed by atoms with Gasteiger partial charge in [-0.25, -0.2) is 14.8 Å². The highest BCUT2D eigenvalue weighted by Gasteiger charge is 2.15.